The molecule has 116 valence electrons. The second kappa shape index (κ2) is 6.32. The normalized spacial score (nSPS) is 16.5. The molecule has 1 aliphatic rings. The van der Waals surface area contributed by atoms with Crippen molar-refractivity contribution < 1.29 is 0 Å². The van der Waals surface area contributed by atoms with Crippen molar-refractivity contribution in [1.29, 1.82) is 0 Å². The molecule has 4 rings (SSSR count). The van der Waals surface area contributed by atoms with Crippen LogP contribution in [0.3, 0.4) is 0 Å². The van der Waals surface area contributed by atoms with Crippen molar-refractivity contribution in [1.82, 2.24) is 15.0 Å². The van der Waals surface area contributed by atoms with Crippen molar-refractivity contribution in [3.8, 4) is 0 Å². The topological polar surface area (TPSA) is 50.7 Å². The Hall–Kier alpha value is -2.49. The highest BCUT2D eigenvalue weighted by molar-refractivity contribution is 5.71. The van der Waals surface area contributed by atoms with Crippen LogP contribution in [0.25, 0.3) is 11.2 Å². The predicted octanol–water partition coefficient (Wildman–Crippen LogP) is 4.37. The van der Waals surface area contributed by atoms with E-state index in [9.17, 15) is 0 Å². The summed E-state index contributed by atoms with van der Waals surface area (Å²) in [4.78, 5) is 13.2. The first kappa shape index (κ1) is 14.1. The molecule has 23 heavy (non-hydrogen) atoms. The van der Waals surface area contributed by atoms with Crippen LogP contribution in [0.1, 0.15) is 37.3 Å². The van der Waals surface area contributed by atoms with Crippen LogP contribution in [0.2, 0.25) is 0 Å². The number of hydrogen-bond acceptors (Lipinski definition) is 4. The minimum Gasteiger partial charge on any atom is -0.363 e. The number of hydrogen-bond donors (Lipinski definition) is 1. The Labute approximate surface area is 136 Å². The monoisotopic (exact) mass is 304 g/mol. The van der Waals surface area contributed by atoms with E-state index in [0.29, 0.717) is 17.6 Å². The van der Waals surface area contributed by atoms with E-state index >= 15 is 0 Å². The second-order valence-corrected chi connectivity index (χ2v) is 6.17. The quantitative estimate of drug-likeness (QED) is 0.777. The van der Waals surface area contributed by atoms with Crippen LogP contribution in [0.4, 0.5) is 5.82 Å². The summed E-state index contributed by atoms with van der Waals surface area (Å²) in [7, 11) is 0. The summed E-state index contributed by atoms with van der Waals surface area (Å²) in [6.45, 7) is 0. The number of rotatable bonds is 4. The third kappa shape index (κ3) is 3.02. The fourth-order valence-corrected chi connectivity index (χ4v) is 3.52. The van der Waals surface area contributed by atoms with E-state index in [4.69, 9.17) is 0 Å². The number of aromatic nitrogens is 3. The maximum atomic E-state index is 4.63. The van der Waals surface area contributed by atoms with Gasteiger partial charge in [-0.25, -0.2) is 9.97 Å². The molecule has 0 aliphatic heterocycles. The molecule has 1 aromatic carbocycles. The van der Waals surface area contributed by atoms with Crippen LogP contribution < -0.4 is 5.32 Å². The molecule has 0 amide bonds. The Morgan fingerprint density at radius 3 is 2.52 bits per heavy atom. The summed E-state index contributed by atoms with van der Waals surface area (Å²) in [5.74, 6) is 1.54. The van der Waals surface area contributed by atoms with Gasteiger partial charge in [-0.1, -0.05) is 43.2 Å². The first-order chi connectivity index (χ1) is 11.4. The van der Waals surface area contributed by atoms with Gasteiger partial charge in [0.05, 0.1) is 6.04 Å². The smallest absolute Gasteiger partial charge is 0.180 e. The van der Waals surface area contributed by atoms with Crippen molar-refractivity contribution in [3.63, 3.8) is 0 Å². The zero-order chi connectivity index (χ0) is 15.5. The van der Waals surface area contributed by atoms with Crippen LogP contribution >= 0.6 is 0 Å². The first-order valence-corrected chi connectivity index (χ1v) is 8.29. The molecule has 2 heterocycles. The lowest BCUT2D eigenvalue weighted by Crippen LogP contribution is -2.19. The average Bonchev–Trinajstić information content (AvgIpc) is 3.14. The lowest BCUT2D eigenvalue weighted by molar-refractivity contribution is 0.469. The van der Waals surface area contributed by atoms with E-state index in [1.165, 1.54) is 31.2 Å². The third-order valence-corrected chi connectivity index (χ3v) is 4.66. The molecule has 3 aromatic rings. The van der Waals surface area contributed by atoms with Crippen LogP contribution in [-0.2, 0) is 0 Å². The van der Waals surface area contributed by atoms with E-state index in [0.717, 1.165) is 11.3 Å². The van der Waals surface area contributed by atoms with Gasteiger partial charge in [0.1, 0.15) is 11.3 Å². The van der Waals surface area contributed by atoms with Crippen molar-refractivity contribution in [2.45, 2.75) is 31.7 Å². The van der Waals surface area contributed by atoms with E-state index in [2.05, 4.69) is 50.6 Å². The van der Waals surface area contributed by atoms with Gasteiger partial charge in [0.2, 0.25) is 0 Å². The van der Waals surface area contributed by atoms with Gasteiger partial charge in [0.25, 0.3) is 0 Å². The summed E-state index contributed by atoms with van der Waals surface area (Å²) in [5, 5.41) is 3.65. The van der Waals surface area contributed by atoms with Crippen LogP contribution in [0, 0.1) is 5.92 Å². The van der Waals surface area contributed by atoms with Gasteiger partial charge in [-0.3, -0.25) is 4.98 Å². The molecule has 0 bridgehead atoms. The molecule has 4 nitrogen and oxygen atoms in total. The molecular weight excluding hydrogens is 284 g/mol. The SMILES string of the molecule is c1ccc(C(Nc2ccc3nccnc3n2)C2CCCC2)cc1. The van der Waals surface area contributed by atoms with E-state index in [1.807, 2.05) is 12.1 Å². The molecule has 2 aromatic heterocycles. The Morgan fingerprint density at radius 1 is 0.913 bits per heavy atom. The lowest BCUT2D eigenvalue weighted by Gasteiger charge is -2.25. The maximum Gasteiger partial charge on any atom is 0.180 e. The molecule has 0 spiro atoms. The minimum absolute atomic E-state index is 0.306. The lowest BCUT2D eigenvalue weighted by atomic mass is 9.91. The predicted molar refractivity (Wildman–Crippen MR) is 92.1 cm³/mol. The highest BCUT2D eigenvalue weighted by Gasteiger charge is 2.26. The van der Waals surface area contributed by atoms with Gasteiger partial charge in [-0.15, -0.1) is 0 Å². The second-order valence-electron chi connectivity index (χ2n) is 6.17. The largest absolute Gasteiger partial charge is 0.363 e. The number of pyridine rings is 1. The van der Waals surface area contributed by atoms with Crippen LogP contribution in [-0.4, -0.2) is 15.0 Å². The van der Waals surface area contributed by atoms with Crippen molar-refractivity contribution >= 4 is 17.0 Å². The third-order valence-electron chi connectivity index (χ3n) is 4.66. The van der Waals surface area contributed by atoms with Gasteiger partial charge in [-0.05, 0) is 36.5 Å². The van der Waals surface area contributed by atoms with Gasteiger partial charge < -0.3 is 5.32 Å². The number of anilines is 1. The number of nitrogens with zero attached hydrogens (tertiary/aromatic N) is 3. The van der Waals surface area contributed by atoms with Crippen molar-refractivity contribution in [2.24, 2.45) is 5.92 Å². The summed E-state index contributed by atoms with van der Waals surface area (Å²) in [6, 6.07) is 15.0. The average molecular weight is 304 g/mol. The van der Waals surface area contributed by atoms with Crippen molar-refractivity contribution in [3.05, 3.63) is 60.4 Å². The molecule has 1 aliphatic carbocycles. The number of fused-ring (bicyclic) bond motifs is 1. The molecule has 1 atom stereocenters. The Balaban J connectivity index is 1.65. The molecular formula is C19H20N4. The van der Waals surface area contributed by atoms with Crippen LogP contribution in [0.15, 0.2) is 54.9 Å². The number of benzene rings is 1. The minimum atomic E-state index is 0.306. The standard InChI is InChI=1S/C19H20N4/c1-2-6-14(7-3-1)18(15-8-4-5-9-15)22-17-11-10-16-19(23-17)21-13-12-20-16/h1-3,6-7,10-13,15,18H,4-5,8-9H2,(H,21,22,23). The molecule has 1 fully saturated rings. The van der Waals surface area contributed by atoms with E-state index in [1.54, 1.807) is 12.4 Å². The van der Waals surface area contributed by atoms with Gasteiger partial charge in [0, 0.05) is 12.4 Å². The Kier molecular flexibility index (Phi) is 3.88. The van der Waals surface area contributed by atoms with Gasteiger partial charge in [-0.2, -0.15) is 0 Å². The maximum absolute atomic E-state index is 4.63. The molecule has 1 N–H and O–H groups in total. The highest BCUT2D eigenvalue weighted by Crippen LogP contribution is 2.37. The van der Waals surface area contributed by atoms with E-state index in [-0.39, 0.29) is 0 Å². The summed E-state index contributed by atoms with van der Waals surface area (Å²) >= 11 is 0. The fraction of sp³-hybridized carbons (Fsp3) is 0.316. The Bertz CT molecular complexity index is 781. The fourth-order valence-electron chi connectivity index (χ4n) is 3.52. The van der Waals surface area contributed by atoms with Crippen LogP contribution in [0.5, 0.6) is 0 Å². The zero-order valence-electron chi connectivity index (χ0n) is 13.0. The first-order valence-electron chi connectivity index (χ1n) is 8.29. The molecule has 0 radical (unpaired) electrons. The Morgan fingerprint density at radius 2 is 1.70 bits per heavy atom. The summed E-state index contributed by atoms with van der Waals surface area (Å²) in [6.07, 6.45) is 8.59. The highest BCUT2D eigenvalue weighted by atomic mass is 15.0. The molecule has 1 saturated carbocycles. The van der Waals surface area contributed by atoms with Gasteiger partial charge in [0.15, 0.2) is 5.65 Å². The molecule has 1 unspecified atom stereocenters. The van der Waals surface area contributed by atoms with Gasteiger partial charge >= 0.3 is 0 Å². The molecule has 4 heteroatoms. The summed E-state index contributed by atoms with van der Waals surface area (Å²) in [5.41, 5.74) is 2.85. The molecule has 0 saturated heterocycles. The number of nitrogens with one attached hydrogen (secondary N) is 1. The summed E-state index contributed by atoms with van der Waals surface area (Å²) < 4.78 is 0. The van der Waals surface area contributed by atoms with E-state index < -0.39 is 0 Å². The van der Waals surface area contributed by atoms with Crippen molar-refractivity contribution in [2.75, 3.05) is 5.32 Å². The zero-order valence-corrected chi connectivity index (χ0v) is 13.0.